The van der Waals surface area contributed by atoms with Gasteiger partial charge in [0.15, 0.2) is 5.82 Å². The van der Waals surface area contributed by atoms with E-state index < -0.39 is 0 Å². The van der Waals surface area contributed by atoms with Crippen LogP contribution in [0.2, 0.25) is 0 Å². The lowest BCUT2D eigenvalue weighted by molar-refractivity contribution is -0.119. The number of hydrogen-bond acceptors (Lipinski definition) is 6. The van der Waals surface area contributed by atoms with E-state index in [1.165, 1.54) is 16.4 Å². The molecule has 8 heteroatoms. The summed E-state index contributed by atoms with van der Waals surface area (Å²) in [4.78, 5) is 14.9. The molecule has 1 saturated heterocycles. The highest BCUT2D eigenvalue weighted by Crippen LogP contribution is 2.31. The maximum Gasteiger partial charge on any atom is 0.240 e. The second-order valence-electron chi connectivity index (χ2n) is 7.35. The number of rotatable bonds is 6. The zero-order chi connectivity index (χ0) is 21.1. The largest absolute Gasteiger partial charge is 0.485 e. The third kappa shape index (κ3) is 4.14. The summed E-state index contributed by atoms with van der Waals surface area (Å²) in [5.74, 6) is 7.64. The molecule has 0 aliphatic carbocycles. The maximum atomic E-state index is 13.0. The summed E-state index contributed by atoms with van der Waals surface area (Å²) < 4.78 is 7.37. The van der Waals surface area contributed by atoms with Crippen LogP contribution in [0.4, 0.5) is 5.69 Å². The Kier molecular flexibility index (Phi) is 5.94. The van der Waals surface area contributed by atoms with Crippen LogP contribution in [0.1, 0.15) is 29.8 Å². The Morgan fingerprint density at radius 2 is 1.83 bits per heavy atom. The summed E-state index contributed by atoms with van der Waals surface area (Å²) in [6.45, 7) is 4.95. The van der Waals surface area contributed by atoms with Gasteiger partial charge in [-0.2, -0.15) is 0 Å². The average Bonchev–Trinajstić information content (AvgIpc) is 3.09. The molecule has 2 heterocycles. The molecule has 30 heavy (non-hydrogen) atoms. The molecule has 4 rings (SSSR count). The highest BCUT2D eigenvalue weighted by Gasteiger charge is 2.32. The van der Waals surface area contributed by atoms with Crippen LogP contribution in [0.3, 0.4) is 0 Å². The fraction of sp³-hybridized carbons (Fsp3) is 0.318. The molecular formula is C22H25N5O2S. The predicted octanol–water partition coefficient (Wildman–Crippen LogP) is 3.48. The van der Waals surface area contributed by atoms with Gasteiger partial charge in [-0.3, -0.25) is 4.79 Å². The molecule has 2 aromatic carbocycles. The monoisotopic (exact) mass is 423 g/mol. The van der Waals surface area contributed by atoms with Crippen LogP contribution >= 0.6 is 11.8 Å². The molecule has 0 radical (unpaired) electrons. The molecule has 1 aliphatic rings. The normalized spacial score (nSPS) is 16.7. The van der Waals surface area contributed by atoms with Gasteiger partial charge in [0.25, 0.3) is 0 Å². The fourth-order valence-corrected chi connectivity index (χ4v) is 4.67. The molecule has 3 aromatic rings. The third-order valence-electron chi connectivity index (χ3n) is 5.19. The van der Waals surface area contributed by atoms with Crippen molar-refractivity contribution in [3.05, 3.63) is 65.5 Å². The summed E-state index contributed by atoms with van der Waals surface area (Å²) in [6.07, 6.45) is 1.72. The fourth-order valence-electron chi connectivity index (χ4n) is 3.59. The van der Waals surface area contributed by atoms with E-state index in [2.05, 4.69) is 10.2 Å². The lowest BCUT2D eigenvalue weighted by Crippen LogP contribution is -2.43. The molecular weight excluding hydrogens is 398 g/mol. The van der Waals surface area contributed by atoms with E-state index in [0.29, 0.717) is 11.0 Å². The molecule has 1 aliphatic heterocycles. The number of carbonyl (C=O) groups excluding carboxylic acids is 1. The minimum atomic E-state index is -0.238. The van der Waals surface area contributed by atoms with Gasteiger partial charge in [0.05, 0.1) is 5.25 Å². The predicted molar refractivity (Wildman–Crippen MR) is 118 cm³/mol. The van der Waals surface area contributed by atoms with Gasteiger partial charge in [0.2, 0.25) is 11.1 Å². The first-order valence-corrected chi connectivity index (χ1v) is 10.8. The summed E-state index contributed by atoms with van der Waals surface area (Å²) in [5, 5.41) is 8.65. The van der Waals surface area contributed by atoms with Crippen molar-refractivity contribution in [1.82, 2.24) is 14.9 Å². The number of aryl methyl sites for hydroxylation is 2. The van der Waals surface area contributed by atoms with Gasteiger partial charge in [-0.25, -0.2) is 4.68 Å². The Balaban J connectivity index is 1.44. The van der Waals surface area contributed by atoms with E-state index in [1.54, 1.807) is 0 Å². The quantitative estimate of drug-likeness (QED) is 0.611. The number of aromatic nitrogens is 3. The zero-order valence-corrected chi connectivity index (χ0v) is 17.9. The SMILES string of the molecule is Cc1cccc(C)c1OCc1nnc(SC2CCCN(c3ccccc3)C2=O)n1N. The van der Waals surface area contributed by atoms with Crippen molar-refractivity contribution in [3.63, 3.8) is 0 Å². The first-order valence-electron chi connectivity index (χ1n) is 9.96. The van der Waals surface area contributed by atoms with Gasteiger partial charge in [0.1, 0.15) is 12.4 Å². The number of nitrogen functional groups attached to an aromatic ring is 1. The second kappa shape index (κ2) is 8.79. The number of nitrogens with two attached hydrogens (primary N) is 1. The summed E-state index contributed by atoms with van der Waals surface area (Å²) in [7, 11) is 0. The molecule has 0 bridgehead atoms. The molecule has 1 fully saturated rings. The highest BCUT2D eigenvalue weighted by molar-refractivity contribution is 8.00. The first-order chi connectivity index (χ1) is 14.5. The van der Waals surface area contributed by atoms with E-state index in [0.717, 1.165) is 42.0 Å². The highest BCUT2D eigenvalue weighted by atomic mass is 32.2. The van der Waals surface area contributed by atoms with E-state index in [1.807, 2.05) is 67.3 Å². The zero-order valence-electron chi connectivity index (χ0n) is 17.1. The van der Waals surface area contributed by atoms with Gasteiger partial charge in [-0.05, 0) is 49.9 Å². The van der Waals surface area contributed by atoms with Crippen LogP contribution < -0.4 is 15.5 Å². The van der Waals surface area contributed by atoms with Crippen molar-refractivity contribution in [2.75, 3.05) is 17.3 Å². The number of hydrogen-bond donors (Lipinski definition) is 1. The molecule has 2 N–H and O–H groups in total. The van der Waals surface area contributed by atoms with Gasteiger partial charge in [-0.15, -0.1) is 10.2 Å². The van der Waals surface area contributed by atoms with Crippen LogP contribution in [0.5, 0.6) is 5.75 Å². The number of benzene rings is 2. The number of carbonyl (C=O) groups is 1. The molecule has 1 amide bonds. The molecule has 0 saturated carbocycles. The van der Waals surface area contributed by atoms with Gasteiger partial charge < -0.3 is 15.5 Å². The number of anilines is 1. The summed E-state index contributed by atoms with van der Waals surface area (Å²) >= 11 is 1.36. The number of nitrogens with zero attached hydrogens (tertiary/aromatic N) is 4. The molecule has 156 valence electrons. The Hall–Kier alpha value is -3.00. The smallest absolute Gasteiger partial charge is 0.240 e. The summed E-state index contributed by atoms with van der Waals surface area (Å²) in [5.41, 5.74) is 3.03. The molecule has 1 unspecified atom stereocenters. The van der Waals surface area contributed by atoms with Crippen molar-refractivity contribution in [3.8, 4) is 5.75 Å². The van der Waals surface area contributed by atoms with E-state index in [-0.39, 0.29) is 17.8 Å². The number of amides is 1. The Labute approximate surface area is 180 Å². The van der Waals surface area contributed by atoms with Crippen molar-refractivity contribution in [1.29, 1.82) is 0 Å². The second-order valence-corrected chi connectivity index (χ2v) is 8.52. The third-order valence-corrected chi connectivity index (χ3v) is 6.41. The topological polar surface area (TPSA) is 86.3 Å². The van der Waals surface area contributed by atoms with Crippen LogP contribution in [0.25, 0.3) is 0 Å². The Bertz CT molecular complexity index is 1020. The molecule has 1 atom stereocenters. The number of para-hydroxylation sites is 2. The van der Waals surface area contributed by atoms with Crippen LogP contribution in [-0.2, 0) is 11.4 Å². The van der Waals surface area contributed by atoms with E-state index >= 15 is 0 Å². The average molecular weight is 424 g/mol. The van der Waals surface area contributed by atoms with Crippen molar-refractivity contribution >= 4 is 23.4 Å². The minimum Gasteiger partial charge on any atom is -0.485 e. The standard InChI is InChI=1S/C22H25N5O2S/c1-15-8-6-9-16(2)20(15)29-14-19-24-25-22(27(19)23)30-18-12-7-13-26(21(18)28)17-10-4-3-5-11-17/h3-6,8-11,18H,7,12-14,23H2,1-2H3. The number of piperidine rings is 1. The van der Waals surface area contributed by atoms with Crippen molar-refractivity contribution in [2.45, 2.75) is 43.7 Å². The van der Waals surface area contributed by atoms with Gasteiger partial charge in [-0.1, -0.05) is 48.2 Å². The molecule has 0 spiro atoms. The minimum absolute atomic E-state index is 0.0776. The Morgan fingerprint density at radius 3 is 2.57 bits per heavy atom. The lowest BCUT2D eigenvalue weighted by atomic mass is 10.1. The van der Waals surface area contributed by atoms with Crippen molar-refractivity contribution < 1.29 is 9.53 Å². The molecule has 7 nitrogen and oxygen atoms in total. The van der Waals surface area contributed by atoms with E-state index in [9.17, 15) is 4.79 Å². The van der Waals surface area contributed by atoms with Crippen molar-refractivity contribution in [2.24, 2.45) is 0 Å². The first kappa shape index (κ1) is 20.3. The lowest BCUT2D eigenvalue weighted by Gasteiger charge is -2.31. The molecule has 1 aromatic heterocycles. The number of thioether (sulfide) groups is 1. The maximum absolute atomic E-state index is 13.0. The van der Waals surface area contributed by atoms with Crippen LogP contribution in [-0.4, -0.2) is 32.6 Å². The van der Waals surface area contributed by atoms with Gasteiger partial charge in [0, 0.05) is 12.2 Å². The number of ether oxygens (including phenoxy) is 1. The van der Waals surface area contributed by atoms with Gasteiger partial charge >= 0.3 is 0 Å². The summed E-state index contributed by atoms with van der Waals surface area (Å²) in [6, 6.07) is 15.8. The van der Waals surface area contributed by atoms with Crippen LogP contribution in [0, 0.1) is 13.8 Å². The van der Waals surface area contributed by atoms with Crippen LogP contribution in [0.15, 0.2) is 53.7 Å². The Morgan fingerprint density at radius 1 is 1.10 bits per heavy atom. The van der Waals surface area contributed by atoms with E-state index in [4.69, 9.17) is 10.6 Å².